The molecule has 0 aromatic heterocycles. The molecule has 0 aliphatic heterocycles. The van der Waals surface area contributed by atoms with Crippen LogP contribution >= 0.6 is 0 Å². The maximum atomic E-state index is 11.3. The van der Waals surface area contributed by atoms with Gasteiger partial charge in [-0.25, -0.2) is 0 Å². The van der Waals surface area contributed by atoms with Gasteiger partial charge >= 0.3 is 21.1 Å². The molecule has 1 N–H and O–H groups in total. The minimum absolute atomic E-state index is 0. The molecule has 0 saturated heterocycles. The fourth-order valence-electron chi connectivity index (χ4n) is 1.30. The second-order valence-corrected chi connectivity index (χ2v) is 3.64. The molecular weight excluding hydrogens is 374 g/mol. The Hall–Kier alpha value is -0.952. The minimum Gasteiger partial charge on any atom is -0.379 e. The molecule has 0 bridgehead atoms. The average Bonchev–Trinajstić information content (AvgIpc) is 2.08. The molecule has 1 rings (SSSR count). The van der Waals surface area contributed by atoms with E-state index in [1.165, 1.54) is 6.92 Å². The van der Waals surface area contributed by atoms with Gasteiger partial charge in [0.05, 0.1) is 6.42 Å². The summed E-state index contributed by atoms with van der Waals surface area (Å²) in [6.07, 6.45) is -0.0761. The number of Topliss-reactive ketones (excluding diaryl/α,β-unsaturated/α-hetero) is 1. The molecule has 1 aromatic carbocycles. The Bertz CT molecular complexity index is 402. The molecule has 4 heteroatoms. The number of ketones is 1. The number of rotatable bonds is 3. The van der Waals surface area contributed by atoms with E-state index in [1.807, 2.05) is 19.9 Å². The SMILES string of the molecule is CC(=O)CC(=O)Nc1c[c-]c(C)cc1C.[W+2]. The van der Waals surface area contributed by atoms with Gasteiger partial charge in [0.25, 0.3) is 0 Å². The zero-order chi connectivity index (χ0) is 11.4. The Morgan fingerprint density at radius 3 is 2.50 bits per heavy atom. The van der Waals surface area contributed by atoms with Crippen molar-refractivity contribution in [1.29, 1.82) is 0 Å². The van der Waals surface area contributed by atoms with E-state index >= 15 is 0 Å². The number of amides is 1. The summed E-state index contributed by atoms with van der Waals surface area (Å²) in [6, 6.07) is 6.66. The van der Waals surface area contributed by atoms with Crippen molar-refractivity contribution in [2.24, 2.45) is 0 Å². The number of hydrogen-bond donors (Lipinski definition) is 1. The smallest absolute Gasteiger partial charge is 0.379 e. The van der Waals surface area contributed by atoms with Crippen LogP contribution in [0.2, 0.25) is 0 Å². The number of carbonyl (C=O) groups is 2. The first-order valence-corrected chi connectivity index (χ1v) is 4.77. The molecule has 0 radical (unpaired) electrons. The molecule has 0 fully saturated rings. The first-order valence-electron chi connectivity index (χ1n) is 4.77. The quantitative estimate of drug-likeness (QED) is 0.637. The molecule has 0 aliphatic carbocycles. The van der Waals surface area contributed by atoms with Gasteiger partial charge in [-0.05, 0) is 6.92 Å². The summed E-state index contributed by atoms with van der Waals surface area (Å²) in [5.74, 6) is -0.413. The van der Waals surface area contributed by atoms with Crippen molar-refractivity contribution in [2.45, 2.75) is 27.2 Å². The van der Waals surface area contributed by atoms with Crippen LogP contribution in [0.3, 0.4) is 0 Å². The Morgan fingerprint density at radius 1 is 1.38 bits per heavy atom. The zero-order valence-corrected chi connectivity index (χ0v) is 12.5. The molecular formula is C12H14NO2W+. The van der Waals surface area contributed by atoms with Gasteiger partial charge < -0.3 is 5.32 Å². The Kier molecular flexibility index (Phi) is 6.20. The fourth-order valence-corrected chi connectivity index (χ4v) is 1.30. The topological polar surface area (TPSA) is 46.2 Å². The number of aryl methyl sites for hydroxylation is 2. The van der Waals surface area contributed by atoms with Crippen molar-refractivity contribution in [3.8, 4) is 0 Å². The van der Waals surface area contributed by atoms with Crippen LogP contribution in [0.25, 0.3) is 0 Å². The summed E-state index contributed by atoms with van der Waals surface area (Å²) < 4.78 is 0. The van der Waals surface area contributed by atoms with Gasteiger partial charge in [-0.2, -0.15) is 23.8 Å². The number of nitrogens with one attached hydrogen (secondary N) is 1. The third kappa shape index (κ3) is 4.71. The molecule has 1 aromatic rings. The number of hydrogen-bond acceptors (Lipinski definition) is 2. The Balaban J connectivity index is 0.00000225. The van der Waals surface area contributed by atoms with Gasteiger partial charge in [-0.15, -0.1) is 5.56 Å². The van der Waals surface area contributed by atoms with Crippen molar-refractivity contribution >= 4 is 17.4 Å². The van der Waals surface area contributed by atoms with Gasteiger partial charge in [0.1, 0.15) is 5.78 Å². The van der Waals surface area contributed by atoms with Gasteiger partial charge in [-0.3, -0.25) is 9.59 Å². The van der Waals surface area contributed by atoms with Crippen LogP contribution in [0, 0.1) is 19.9 Å². The monoisotopic (exact) mass is 388 g/mol. The summed E-state index contributed by atoms with van der Waals surface area (Å²) in [7, 11) is 0. The van der Waals surface area contributed by atoms with Gasteiger partial charge in [0.2, 0.25) is 5.91 Å². The van der Waals surface area contributed by atoms with Crippen molar-refractivity contribution in [2.75, 3.05) is 5.32 Å². The van der Waals surface area contributed by atoms with Crippen molar-refractivity contribution in [1.82, 2.24) is 0 Å². The van der Waals surface area contributed by atoms with Gasteiger partial charge in [0, 0.05) is 0 Å². The van der Waals surface area contributed by atoms with Crippen LogP contribution < -0.4 is 5.32 Å². The van der Waals surface area contributed by atoms with E-state index in [2.05, 4.69) is 11.4 Å². The molecule has 0 aliphatic rings. The average molecular weight is 388 g/mol. The summed E-state index contributed by atoms with van der Waals surface area (Å²) >= 11 is 0. The third-order valence-electron chi connectivity index (χ3n) is 1.99. The van der Waals surface area contributed by atoms with E-state index in [-0.39, 0.29) is 39.2 Å². The van der Waals surface area contributed by atoms with Crippen molar-refractivity contribution < 1.29 is 30.7 Å². The van der Waals surface area contributed by atoms with E-state index in [9.17, 15) is 9.59 Å². The van der Waals surface area contributed by atoms with Gasteiger partial charge in [0.15, 0.2) is 0 Å². The van der Waals surface area contributed by atoms with Gasteiger partial charge in [-0.1, -0.05) is 19.5 Å². The van der Waals surface area contributed by atoms with E-state index in [1.54, 1.807) is 6.07 Å². The first kappa shape index (κ1) is 15.0. The number of carbonyl (C=O) groups excluding carboxylic acids is 2. The first-order chi connectivity index (χ1) is 6.99. The summed E-state index contributed by atoms with van der Waals surface area (Å²) in [6.45, 7) is 5.24. The third-order valence-corrected chi connectivity index (χ3v) is 1.99. The maximum absolute atomic E-state index is 11.3. The Labute approximate surface area is 110 Å². The van der Waals surface area contributed by atoms with Crippen LogP contribution in [0.1, 0.15) is 24.5 Å². The molecule has 0 saturated carbocycles. The van der Waals surface area contributed by atoms with E-state index < -0.39 is 0 Å². The zero-order valence-electron chi connectivity index (χ0n) is 9.59. The van der Waals surface area contributed by atoms with Crippen molar-refractivity contribution in [3.05, 3.63) is 29.3 Å². The number of anilines is 1. The van der Waals surface area contributed by atoms with Crippen LogP contribution in [0.5, 0.6) is 0 Å². The van der Waals surface area contributed by atoms with Crippen LogP contribution in [-0.2, 0) is 30.7 Å². The maximum Gasteiger partial charge on any atom is 2.00 e. The Morgan fingerprint density at radius 2 is 2.00 bits per heavy atom. The normalized spacial score (nSPS) is 9.19. The summed E-state index contributed by atoms with van der Waals surface area (Å²) in [4.78, 5) is 22.0. The molecule has 84 valence electrons. The molecule has 16 heavy (non-hydrogen) atoms. The molecule has 3 nitrogen and oxygen atoms in total. The second kappa shape index (κ2) is 6.59. The predicted molar refractivity (Wildman–Crippen MR) is 58.7 cm³/mol. The number of benzene rings is 1. The molecule has 0 atom stereocenters. The predicted octanol–water partition coefficient (Wildman–Crippen LogP) is 2.02. The largest absolute Gasteiger partial charge is 2.00 e. The van der Waals surface area contributed by atoms with E-state index in [0.29, 0.717) is 5.69 Å². The second-order valence-electron chi connectivity index (χ2n) is 3.64. The van der Waals surface area contributed by atoms with E-state index in [0.717, 1.165) is 11.1 Å². The van der Waals surface area contributed by atoms with Crippen LogP contribution in [0.15, 0.2) is 12.1 Å². The summed E-state index contributed by atoms with van der Waals surface area (Å²) in [5, 5.41) is 2.68. The molecule has 1 amide bonds. The molecule has 0 unspecified atom stereocenters. The van der Waals surface area contributed by atoms with Crippen molar-refractivity contribution in [3.63, 3.8) is 0 Å². The summed E-state index contributed by atoms with van der Waals surface area (Å²) in [5.41, 5.74) is 2.71. The van der Waals surface area contributed by atoms with Crippen LogP contribution in [0.4, 0.5) is 5.69 Å². The fraction of sp³-hybridized carbons (Fsp3) is 0.333. The standard InChI is InChI=1S/C12H14NO2.W/c1-8-4-5-11(9(2)6-8)13-12(15)7-10(3)14;/h5-6H,7H2,1-3H3,(H,13,15);/q-1;+2. The molecule has 0 heterocycles. The minimum atomic E-state index is -0.275. The van der Waals surface area contributed by atoms with Crippen LogP contribution in [-0.4, -0.2) is 11.7 Å². The molecule has 0 spiro atoms. The van der Waals surface area contributed by atoms with E-state index in [4.69, 9.17) is 0 Å².